The molecule has 0 bridgehead atoms. The van der Waals surface area contributed by atoms with Gasteiger partial charge in [-0.3, -0.25) is 9.48 Å². The van der Waals surface area contributed by atoms with Crippen molar-refractivity contribution in [3.63, 3.8) is 0 Å². The van der Waals surface area contributed by atoms with E-state index >= 15 is 0 Å². The highest BCUT2D eigenvalue weighted by Gasteiger charge is 2.14. The Labute approximate surface area is 153 Å². The van der Waals surface area contributed by atoms with E-state index in [-0.39, 0.29) is 11.9 Å². The molecule has 0 aliphatic heterocycles. The Morgan fingerprint density at radius 2 is 2.00 bits per heavy atom. The van der Waals surface area contributed by atoms with Crippen LogP contribution in [0.5, 0.6) is 5.75 Å². The third-order valence-electron chi connectivity index (χ3n) is 4.32. The van der Waals surface area contributed by atoms with Crippen LogP contribution in [0, 0.1) is 0 Å². The SMILES string of the molecule is CCC(NC(=O)c1cccc(Cn2cccn2)c1)c1ccc(OC)cc1. The van der Waals surface area contributed by atoms with Gasteiger partial charge in [0.15, 0.2) is 0 Å². The van der Waals surface area contributed by atoms with Crippen LogP contribution in [0.25, 0.3) is 0 Å². The van der Waals surface area contributed by atoms with E-state index in [0.717, 1.165) is 23.3 Å². The molecule has 26 heavy (non-hydrogen) atoms. The number of methoxy groups -OCH3 is 1. The summed E-state index contributed by atoms with van der Waals surface area (Å²) in [5.41, 5.74) is 2.76. The summed E-state index contributed by atoms with van der Waals surface area (Å²) < 4.78 is 7.03. The normalized spacial score (nSPS) is 11.8. The zero-order valence-corrected chi connectivity index (χ0v) is 15.1. The van der Waals surface area contributed by atoms with Crippen molar-refractivity contribution in [3.8, 4) is 5.75 Å². The predicted molar refractivity (Wildman–Crippen MR) is 101 cm³/mol. The van der Waals surface area contributed by atoms with Crippen LogP contribution >= 0.6 is 0 Å². The van der Waals surface area contributed by atoms with E-state index in [1.54, 1.807) is 13.3 Å². The molecule has 3 rings (SSSR count). The van der Waals surface area contributed by atoms with Crippen molar-refractivity contribution in [2.24, 2.45) is 0 Å². The first-order valence-corrected chi connectivity index (χ1v) is 8.70. The number of carbonyl (C=O) groups is 1. The molecule has 1 heterocycles. The molecule has 1 atom stereocenters. The molecule has 1 N–H and O–H groups in total. The number of ether oxygens (including phenoxy) is 1. The fourth-order valence-corrected chi connectivity index (χ4v) is 2.89. The van der Waals surface area contributed by atoms with Gasteiger partial charge in [-0.1, -0.05) is 31.2 Å². The van der Waals surface area contributed by atoms with Crippen molar-refractivity contribution in [1.82, 2.24) is 15.1 Å². The van der Waals surface area contributed by atoms with E-state index in [1.165, 1.54) is 0 Å². The number of amides is 1. The number of carbonyl (C=O) groups excluding carboxylic acids is 1. The first-order chi connectivity index (χ1) is 12.7. The van der Waals surface area contributed by atoms with Crippen LogP contribution in [0.1, 0.15) is 40.9 Å². The van der Waals surface area contributed by atoms with E-state index in [1.807, 2.05) is 65.5 Å². The lowest BCUT2D eigenvalue weighted by atomic mass is 10.0. The number of aromatic nitrogens is 2. The van der Waals surface area contributed by atoms with Gasteiger partial charge in [-0.15, -0.1) is 0 Å². The van der Waals surface area contributed by atoms with Crippen LogP contribution in [0.4, 0.5) is 0 Å². The lowest BCUT2D eigenvalue weighted by Gasteiger charge is -2.18. The molecule has 0 radical (unpaired) electrons. The second kappa shape index (κ2) is 8.34. The Hall–Kier alpha value is -3.08. The summed E-state index contributed by atoms with van der Waals surface area (Å²) in [6, 6.07) is 17.3. The number of rotatable bonds is 7. The van der Waals surface area contributed by atoms with Gasteiger partial charge in [0.05, 0.1) is 19.7 Å². The van der Waals surface area contributed by atoms with Crippen LogP contribution in [-0.2, 0) is 6.54 Å². The third kappa shape index (κ3) is 4.30. The highest BCUT2D eigenvalue weighted by Crippen LogP contribution is 2.20. The second-order valence-electron chi connectivity index (χ2n) is 6.11. The molecule has 0 aliphatic rings. The summed E-state index contributed by atoms with van der Waals surface area (Å²) in [6.45, 7) is 2.70. The molecule has 1 amide bonds. The minimum Gasteiger partial charge on any atom is -0.497 e. The summed E-state index contributed by atoms with van der Waals surface area (Å²) in [5.74, 6) is 0.733. The van der Waals surface area contributed by atoms with Crippen LogP contribution in [0.15, 0.2) is 67.0 Å². The van der Waals surface area contributed by atoms with Crippen molar-refractivity contribution in [2.75, 3.05) is 7.11 Å². The topological polar surface area (TPSA) is 56.2 Å². The predicted octanol–water partition coefficient (Wildman–Crippen LogP) is 3.82. The number of nitrogens with zero attached hydrogens (tertiary/aromatic N) is 2. The number of hydrogen-bond donors (Lipinski definition) is 1. The lowest BCUT2D eigenvalue weighted by molar-refractivity contribution is 0.0935. The monoisotopic (exact) mass is 349 g/mol. The third-order valence-corrected chi connectivity index (χ3v) is 4.32. The number of hydrogen-bond acceptors (Lipinski definition) is 3. The first-order valence-electron chi connectivity index (χ1n) is 8.70. The first kappa shape index (κ1) is 17.7. The molecule has 134 valence electrons. The number of nitrogens with one attached hydrogen (secondary N) is 1. The van der Waals surface area contributed by atoms with Crippen molar-refractivity contribution in [1.29, 1.82) is 0 Å². The largest absolute Gasteiger partial charge is 0.497 e. The van der Waals surface area contributed by atoms with Crippen LogP contribution in [0.2, 0.25) is 0 Å². The molecule has 0 aliphatic carbocycles. The van der Waals surface area contributed by atoms with Gasteiger partial charge >= 0.3 is 0 Å². The minimum atomic E-state index is -0.0741. The molecule has 2 aromatic carbocycles. The van der Waals surface area contributed by atoms with Crippen LogP contribution in [-0.4, -0.2) is 22.8 Å². The Balaban J connectivity index is 1.71. The van der Waals surface area contributed by atoms with E-state index in [2.05, 4.69) is 17.3 Å². The summed E-state index contributed by atoms with van der Waals surface area (Å²) in [7, 11) is 1.64. The molecule has 3 aromatic rings. The van der Waals surface area contributed by atoms with Gasteiger partial charge in [-0.2, -0.15) is 5.10 Å². The van der Waals surface area contributed by atoms with Gasteiger partial charge in [0, 0.05) is 18.0 Å². The lowest BCUT2D eigenvalue weighted by Crippen LogP contribution is -2.28. The molecule has 0 saturated carbocycles. The highest BCUT2D eigenvalue weighted by atomic mass is 16.5. The number of benzene rings is 2. The van der Waals surface area contributed by atoms with Gasteiger partial charge in [-0.05, 0) is 47.9 Å². The summed E-state index contributed by atoms with van der Waals surface area (Å²) >= 11 is 0. The van der Waals surface area contributed by atoms with Gasteiger partial charge in [0.1, 0.15) is 5.75 Å². The van der Waals surface area contributed by atoms with Crippen molar-refractivity contribution in [2.45, 2.75) is 25.9 Å². The summed E-state index contributed by atoms with van der Waals surface area (Å²) in [4.78, 5) is 12.7. The Bertz CT molecular complexity index is 842. The fraction of sp³-hybridized carbons (Fsp3) is 0.238. The molecule has 0 fully saturated rings. The highest BCUT2D eigenvalue weighted by molar-refractivity contribution is 5.94. The molecule has 5 heteroatoms. The maximum atomic E-state index is 12.7. The van der Waals surface area contributed by atoms with E-state index in [0.29, 0.717) is 12.1 Å². The van der Waals surface area contributed by atoms with Crippen molar-refractivity contribution < 1.29 is 9.53 Å². The zero-order chi connectivity index (χ0) is 18.4. The van der Waals surface area contributed by atoms with E-state index < -0.39 is 0 Å². The maximum absolute atomic E-state index is 12.7. The molecule has 1 aromatic heterocycles. The molecule has 5 nitrogen and oxygen atoms in total. The maximum Gasteiger partial charge on any atom is 0.251 e. The Kier molecular flexibility index (Phi) is 5.69. The fourth-order valence-electron chi connectivity index (χ4n) is 2.89. The summed E-state index contributed by atoms with van der Waals surface area (Å²) in [6.07, 6.45) is 4.46. The van der Waals surface area contributed by atoms with Crippen LogP contribution < -0.4 is 10.1 Å². The summed E-state index contributed by atoms with van der Waals surface area (Å²) in [5, 5.41) is 7.33. The van der Waals surface area contributed by atoms with E-state index in [4.69, 9.17) is 4.74 Å². The second-order valence-corrected chi connectivity index (χ2v) is 6.11. The van der Waals surface area contributed by atoms with Gasteiger partial charge < -0.3 is 10.1 Å². The Morgan fingerprint density at radius 1 is 1.19 bits per heavy atom. The molecule has 0 spiro atoms. The molecule has 0 saturated heterocycles. The average Bonchev–Trinajstić information content (AvgIpc) is 3.19. The van der Waals surface area contributed by atoms with Gasteiger partial charge in [0.2, 0.25) is 0 Å². The smallest absolute Gasteiger partial charge is 0.251 e. The molecular formula is C21H23N3O2. The average molecular weight is 349 g/mol. The Morgan fingerprint density at radius 3 is 2.65 bits per heavy atom. The van der Waals surface area contributed by atoms with E-state index in [9.17, 15) is 4.79 Å². The zero-order valence-electron chi connectivity index (χ0n) is 15.1. The van der Waals surface area contributed by atoms with Gasteiger partial charge in [-0.25, -0.2) is 0 Å². The van der Waals surface area contributed by atoms with Crippen LogP contribution in [0.3, 0.4) is 0 Å². The quantitative estimate of drug-likeness (QED) is 0.705. The van der Waals surface area contributed by atoms with Crippen molar-refractivity contribution >= 4 is 5.91 Å². The van der Waals surface area contributed by atoms with Gasteiger partial charge in [0.25, 0.3) is 5.91 Å². The molecular weight excluding hydrogens is 326 g/mol. The molecule has 1 unspecified atom stereocenters. The minimum absolute atomic E-state index is 0.0387. The van der Waals surface area contributed by atoms with Crippen molar-refractivity contribution in [3.05, 3.63) is 83.7 Å². The standard InChI is InChI=1S/C21H23N3O2/c1-3-20(17-8-10-19(26-2)11-9-17)23-21(25)18-7-4-6-16(14-18)15-24-13-5-12-22-24/h4-14,20H,3,15H2,1-2H3,(H,23,25).